The molecule has 0 saturated carbocycles. The summed E-state index contributed by atoms with van der Waals surface area (Å²) in [5.74, 6) is 2.38. The normalized spacial score (nSPS) is 17.2. The standard InChI is InChI=1S/C19H15O.C2H6Si.2ClH.Zr/c1-13-10-11-18(20-13)17-12-15-8-4-5-9-16(15)19(17)14-6-2-3-7-14;1-3-2;;;/h2,4-6,8-12,19H,7H2,1H3;1-2H3;2*1H;/q;;;;+2/p-2. The van der Waals surface area contributed by atoms with Gasteiger partial charge in [-0.1, -0.05) is 0 Å². The Labute approximate surface area is 179 Å². The molecule has 0 fully saturated rings. The third-order valence-electron chi connectivity index (χ3n) is 4.63. The topological polar surface area (TPSA) is 13.1 Å². The van der Waals surface area contributed by atoms with Crippen LogP contribution < -0.4 is 24.8 Å². The molecule has 0 saturated heterocycles. The first-order valence-corrected chi connectivity index (χ1v) is 15.9. The first kappa shape index (κ1) is 21.7. The zero-order valence-electron chi connectivity index (χ0n) is 15.1. The molecule has 1 atom stereocenters. The minimum absolute atomic E-state index is 0. The summed E-state index contributed by atoms with van der Waals surface area (Å²) in [5, 5.41) is 0. The smallest absolute Gasteiger partial charge is 1.00 e. The summed E-state index contributed by atoms with van der Waals surface area (Å²) in [6.07, 6.45) is 8.35. The van der Waals surface area contributed by atoms with Gasteiger partial charge in [-0.3, -0.25) is 0 Å². The van der Waals surface area contributed by atoms with Gasteiger partial charge in [-0.15, -0.1) is 0 Å². The molecule has 1 unspecified atom stereocenters. The molecule has 5 heteroatoms. The minimum atomic E-state index is -0.313. The van der Waals surface area contributed by atoms with Crippen LogP contribution in [0.5, 0.6) is 0 Å². The quantitative estimate of drug-likeness (QED) is 0.555. The fourth-order valence-electron chi connectivity index (χ4n) is 3.68. The number of halogens is 2. The summed E-state index contributed by atoms with van der Waals surface area (Å²) in [6.45, 7) is 6.96. The van der Waals surface area contributed by atoms with E-state index in [0.717, 1.165) is 11.5 Å². The summed E-state index contributed by atoms with van der Waals surface area (Å²) >= 11 is -0.313. The molecule has 0 radical (unpaired) electrons. The SMILES string of the molecule is Cc1ccc(C2=Cc3ccccc3C2C2=CC=[C]([Zr+2]=[Si](C)C)C2)o1.[Cl-].[Cl-]. The van der Waals surface area contributed by atoms with Crippen LogP contribution in [0.4, 0.5) is 0 Å². The van der Waals surface area contributed by atoms with E-state index in [1.165, 1.54) is 23.1 Å². The van der Waals surface area contributed by atoms with Crippen molar-refractivity contribution in [1.82, 2.24) is 0 Å². The van der Waals surface area contributed by atoms with E-state index in [4.69, 9.17) is 4.42 Å². The van der Waals surface area contributed by atoms with Crippen molar-refractivity contribution in [2.45, 2.75) is 32.4 Å². The second-order valence-corrected chi connectivity index (χ2v) is 19.9. The maximum atomic E-state index is 5.98. The molecule has 1 nitrogen and oxygen atoms in total. The van der Waals surface area contributed by atoms with Gasteiger partial charge in [0.15, 0.2) is 0 Å². The van der Waals surface area contributed by atoms with Gasteiger partial charge < -0.3 is 24.8 Å². The molecule has 26 heavy (non-hydrogen) atoms. The fraction of sp³-hybridized carbons (Fsp3) is 0.238. The van der Waals surface area contributed by atoms with Crippen molar-refractivity contribution in [3.8, 4) is 0 Å². The molecule has 4 rings (SSSR count). The van der Waals surface area contributed by atoms with Gasteiger partial charge in [0.1, 0.15) is 0 Å². The molecule has 0 N–H and O–H groups in total. The second-order valence-electron chi connectivity index (χ2n) is 6.81. The Kier molecular flexibility index (Phi) is 7.56. The number of benzene rings is 1. The first-order valence-electron chi connectivity index (χ1n) is 8.46. The third kappa shape index (κ3) is 4.28. The summed E-state index contributed by atoms with van der Waals surface area (Å²) in [4.78, 5) is 0. The van der Waals surface area contributed by atoms with E-state index in [1.807, 2.05) is 6.92 Å². The average Bonchev–Trinajstić information content (AvgIpc) is 3.24. The van der Waals surface area contributed by atoms with Gasteiger partial charge in [0.2, 0.25) is 0 Å². The molecular weight excluding hydrogens is 458 g/mol. The van der Waals surface area contributed by atoms with E-state index >= 15 is 0 Å². The van der Waals surface area contributed by atoms with Gasteiger partial charge in [0.05, 0.1) is 0 Å². The molecule has 1 heterocycles. The number of allylic oxidation sites excluding steroid dienone is 5. The summed E-state index contributed by atoms with van der Waals surface area (Å²) in [5.41, 5.74) is 5.61. The molecule has 1 aromatic carbocycles. The fourth-order valence-corrected chi connectivity index (χ4v) is 11.2. The van der Waals surface area contributed by atoms with Crippen molar-refractivity contribution in [2.24, 2.45) is 0 Å². The van der Waals surface area contributed by atoms with E-state index in [9.17, 15) is 0 Å². The Morgan fingerprint density at radius 3 is 2.50 bits per heavy atom. The Hall–Kier alpha value is -0.600. The Morgan fingerprint density at radius 2 is 1.81 bits per heavy atom. The largest absolute Gasteiger partial charge is 1.00 e. The van der Waals surface area contributed by atoms with E-state index in [0.29, 0.717) is 5.92 Å². The van der Waals surface area contributed by atoms with Crippen LogP contribution in [-0.4, -0.2) is 5.43 Å². The molecule has 0 aliphatic heterocycles. The predicted octanol–water partition coefficient (Wildman–Crippen LogP) is -0.219. The molecule has 133 valence electrons. The van der Waals surface area contributed by atoms with Gasteiger partial charge in [0.25, 0.3) is 0 Å². The molecular formula is C21H21Cl2OSiZr. The number of aryl methyl sites for hydroxylation is 1. The summed E-state index contributed by atoms with van der Waals surface area (Å²) in [6, 6.07) is 13.0. The number of hydrogen-bond acceptors (Lipinski definition) is 1. The molecule has 2 aromatic rings. The Bertz CT molecular complexity index is 933. The second kappa shape index (κ2) is 9.06. The van der Waals surface area contributed by atoms with E-state index < -0.39 is 0 Å². The number of hydrogen-bond donors (Lipinski definition) is 0. The van der Waals surface area contributed by atoms with Crippen molar-refractivity contribution in [1.29, 1.82) is 0 Å². The molecule has 2 aliphatic rings. The van der Waals surface area contributed by atoms with Gasteiger partial charge >= 0.3 is 156 Å². The first-order chi connectivity index (χ1) is 11.6. The maximum absolute atomic E-state index is 5.98. The van der Waals surface area contributed by atoms with Crippen LogP contribution in [-0.2, 0) is 21.9 Å². The van der Waals surface area contributed by atoms with Crippen LogP contribution in [0.1, 0.15) is 35.0 Å². The average molecular weight is 480 g/mol. The van der Waals surface area contributed by atoms with Crippen LogP contribution >= 0.6 is 0 Å². The van der Waals surface area contributed by atoms with Crippen LogP contribution in [0, 0.1) is 6.92 Å². The monoisotopic (exact) mass is 477 g/mol. The van der Waals surface area contributed by atoms with Crippen LogP contribution in [0.15, 0.2) is 61.8 Å². The van der Waals surface area contributed by atoms with Gasteiger partial charge in [-0.25, -0.2) is 0 Å². The van der Waals surface area contributed by atoms with Crippen molar-refractivity contribution in [2.75, 3.05) is 0 Å². The van der Waals surface area contributed by atoms with Crippen LogP contribution in [0.3, 0.4) is 0 Å². The zero-order valence-corrected chi connectivity index (χ0v) is 20.1. The number of furan rings is 1. The van der Waals surface area contributed by atoms with E-state index in [2.05, 4.69) is 67.7 Å². The number of fused-ring (bicyclic) bond motifs is 1. The van der Waals surface area contributed by atoms with Gasteiger partial charge in [0, 0.05) is 0 Å². The molecule has 0 amide bonds. The molecule has 0 bridgehead atoms. The predicted molar refractivity (Wildman–Crippen MR) is 98.8 cm³/mol. The third-order valence-corrected chi connectivity index (χ3v) is 12.3. The minimum Gasteiger partial charge on any atom is -1.00 e. The van der Waals surface area contributed by atoms with Gasteiger partial charge in [-0.2, -0.15) is 0 Å². The van der Waals surface area contributed by atoms with Crippen LogP contribution in [0.25, 0.3) is 11.6 Å². The van der Waals surface area contributed by atoms with E-state index in [-0.39, 0.29) is 52.1 Å². The summed E-state index contributed by atoms with van der Waals surface area (Å²) in [7, 11) is 0. The van der Waals surface area contributed by atoms with Gasteiger partial charge in [-0.05, 0) is 0 Å². The summed E-state index contributed by atoms with van der Waals surface area (Å²) < 4.78 is 7.75. The van der Waals surface area contributed by atoms with Crippen molar-refractivity contribution < 1.29 is 51.1 Å². The number of rotatable bonds is 3. The van der Waals surface area contributed by atoms with Crippen molar-refractivity contribution in [3.05, 3.63) is 80.1 Å². The zero-order chi connectivity index (χ0) is 16.7. The van der Waals surface area contributed by atoms with Crippen LogP contribution in [0.2, 0.25) is 13.1 Å². The Morgan fingerprint density at radius 1 is 1.04 bits per heavy atom. The van der Waals surface area contributed by atoms with Crippen molar-refractivity contribution >= 4 is 17.1 Å². The van der Waals surface area contributed by atoms with Crippen molar-refractivity contribution in [3.63, 3.8) is 0 Å². The van der Waals surface area contributed by atoms with E-state index in [1.54, 1.807) is 8.85 Å². The maximum Gasteiger partial charge on any atom is -1.00 e. The molecule has 0 spiro atoms. The Balaban J connectivity index is 0.00000121. The molecule has 1 aromatic heterocycles. The molecule has 2 aliphatic carbocycles.